The molecular formula is C15H27N3O. The molecular weight excluding hydrogens is 238 g/mol. The Morgan fingerprint density at radius 1 is 1.37 bits per heavy atom. The van der Waals surface area contributed by atoms with Crippen LogP contribution in [0, 0.1) is 10.8 Å². The Labute approximate surface area is 116 Å². The van der Waals surface area contributed by atoms with Gasteiger partial charge in [-0.2, -0.15) is 0 Å². The SMILES string of the molecule is CC1(C)CC(n2cncc2C(N)CO)CC(C)(C)C1. The summed E-state index contributed by atoms with van der Waals surface area (Å²) < 4.78 is 2.18. The second-order valence-electron chi connectivity index (χ2n) is 7.58. The highest BCUT2D eigenvalue weighted by Gasteiger charge is 2.39. The number of hydrogen-bond donors (Lipinski definition) is 2. The normalized spacial score (nSPS) is 24.3. The third-order valence-corrected chi connectivity index (χ3v) is 4.20. The second-order valence-corrected chi connectivity index (χ2v) is 7.58. The zero-order chi connectivity index (χ0) is 14.3. The van der Waals surface area contributed by atoms with Gasteiger partial charge in [-0.15, -0.1) is 0 Å². The first-order valence-corrected chi connectivity index (χ1v) is 7.12. The van der Waals surface area contributed by atoms with Gasteiger partial charge in [0.1, 0.15) is 0 Å². The fourth-order valence-electron chi connectivity index (χ4n) is 3.99. The van der Waals surface area contributed by atoms with Crippen molar-refractivity contribution in [2.75, 3.05) is 6.61 Å². The minimum atomic E-state index is -0.337. The van der Waals surface area contributed by atoms with Crippen LogP contribution in [0.4, 0.5) is 0 Å². The Kier molecular flexibility index (Phi) is 3.76. The van der Waals surface area contributed by atoms with E-state index in [2.05, 4.69) is 37.2 Å². The van der Waals surface area contributed by atoms with Crippen LogP contribution in [0.5, 0.6) is 0 Å². The Morgan fingerprint density at radius 3 is 2.47 bits per heavy atom. The number of aliphatic hydroxyl groups is 1. The van der Waals surface area contributed by atoms with Crippen molar-refractivity contribution in [2.24, 2.45) is 16.6 Å². The highest BCUT2D eigenvalue weighted by Crippen LogP contribution is 2.50. The van der Waals surface area contributed by atoms with Gasteiger partial charge in [-0.3, -0.25) is 0 Å². The number of aliphatic hydroxyl groups excluding tert-OH is 1. The van der Waals surface area contributed by atoms with Gasteiger partial charge in [0.05, 0.1) is 24.7 Å². The molecule has 4 nitrogen and oxygen atoms in total. The molecule has 1 atom stereocenters. The second kappa shape index (κ2) is 4.91. The summed E-state index contributed by atoms with van der Waals surface area (Å²) in [5.74, 6) is 0. The summed E-state index contributed by atoms with van der Waals surface area (Å²) in [4.78, 5) is 4.23. The van der Waals surface area contributed by atoms with Crippen LogP contribution in [-0.4, -0.2) is 21.3 Å². The molecule has 1 saturated carbocycles. The first-order valence-electron chi connectivity index (χ1n) is 7.12. The third kappa shape index (κ3) is 3.18. The quantitative estimate of drug-likeness (QED) is 0.883. The molecule has 3 N–H and O–H groups in total. The summed E-state index contributed by atoms with van der Waals surface area (Å²) >= 11 is 0. The summed E-state index contributed by atoms with van der Waals surface area (Å²) in [6.07, 6.45) is 7.17. The van der Waals surface area contributed by atoms with Gasteiger partial charge in [-0.1, -0.05) is 27.7 Å². The van der Waals surface area contributed by atoms with Crippen molar-refractivity contribution in [3.63, 3.8) is 0 Å². The van der Waals surface area contributed by atoms with Crippen molar-refractivity contribution >= 4 is 0 Å². The molecule has 2 rings (SSSR count). The van der Waals surface area contributed by atoms with Crippen LogP contribution in [-0.2, 0) is 0 Å². The number of aromatic nitrogens is 2. The van der Waals surface area contributed by atoms with Crippen molar-refractivity contribution < 1.29 is 5.11 Å². The molecule has 1 aromatic rings. The number of hydrogen-bond acceptors (Lipinski definition) is 3. The Balaban J connectivity index is 2.29. The molecule has 4 heteroatoms. The van der Waals surface area contributed by atoms with E-state index in [0.717, 1.165) is 18.5 Å². The molecule has 1 fully saturated rings. The lowest BCUT2D eigenvalue weighted by atomic mass is 9.63. The van der Waals surface area contributed by atoms with Crippen LogP contribution < -0.4 is 5.73 Å². The van der Waals surface area contributed by atoms with E-state index in [0.29, 0.717) is 16.9 Å². The molecule has 0 aromatic carbocycles. The molecule has 1 aliphatic rings. The molecule has 1 unspecified atom stereocenters. The van der Waals surface area contributed by atoms with Gasteiger partial charge in [-0.05, 0) is 30.1 Å². The van der Waals surface area contributed by atoms with Crippen LogP contribution in [0.1, 0.15) is 64.7 Å². The molecule has 1 heterocycles. The van der Waals surface area contributed by atoms with E-state index in [9.17, 15) is 5.11 Å². The topological polar surface area (TPSA) is 64.1 Å². The molecule has 0 saturated heterocycles. The maximum atomic E-state index is 9.27. The lowest BCUT2D eigenvalue weighted by molar-refractivity contribution is 0.0703. The number of nitrogens with zero attached hydrogens (tertiary/aromatic N) is 2. The minimum Gasteiger partial charge on any atom is -0.394 e. The zero-order valence-corrected chi connectivity index (χ0v) is 12.6. The number of rotatable bonds is 3. The van der Waals surface area contributed by atoms with Gasteiger partial charge in [0.25, 0.3) is 0 Å². The lowest BCUT2D eigenvalue weighted by Crippen LogP contribution is -2.36. The summed E-state index contributed by atoms with van der Waals surface area (Å²) in [7, 11) is 0. The third-order valence-electron chi connectivity index (χ3n) is 4.20. The average Bonchev–Trinajstić information content (AvgIpc) is 2.72. The fraction of sp³-hybridized carbons (Fsp3) is 0.800. The molecule has 0 spiro atoms. The van der Waals surface area contributed by atoms with Gasteiger partial charge in [-0.25, -0.2) is 4.98 Å². The predicted molar refractivity (Wildman–Crippen MR) is 76.7 cm³/mol. The minimum absolute atomic E-state index is 0.0365. The van der Waals surface area contributed by atoms with Crippen LogP contribution in [0.25, 0.3) is 0 Å². The summed E-state index contributed by atoms with van der Waals surface area (Å²) in [5.41, 5.74) is 7.58. The predicted octanol–water partition coefficient (Wildman–Crippen LogP) is 2.65. The van der Waals surface area contributed by atoms with Gasteiger partial charge in [0, 0.05) is 12.2 Å². The molecule has 19 heavy (non-hydrogen) atoms. The molecule has 1 aromatic heterocycles. The van der Waals surface area contributed by atoms with Crippen molar-refractivity contribution in [2.45, 2.75) is 59.0 Å². The maximum absolute atomic E-state index is 9.27. The van der Waals surface area contributed by atoms with E-state index in [1.165, 1.54) is 6.42 Å². The van der Waals surface area contributed by atoms with E-state index in [-0.39, 0.29) is 12.6 Å². The Hall–Kier alpha value is -0.870. The van der Waals surface area contributed by atoms with E-state index in [1.54, 1.807) is 6.20 Å². The van der Waals surface area contributed by atoms with Gasteiger partial charge in [0.15, 0.2) is 0 Å². The van der Waals surface area contributed by atoms with E-state index in [4.69, 9.17) is 5.73 Å². The molecule has 1 aliphatic carbocycles. The summed E-state index contributed by atoms with van der Waals surface area (Å²) in [6.45, 7) is 9.31. The number of nitrogens with two attached hydrogens (primary N) is 1. The van der Waals surface area contributed by atoms with Crippen molar-refractivity contribution in [1.82, 2.24) is 9.55 Å². The number of imidazole rings is 1. The van der Waals surface area contributed by atoms with Crippen LogP contribution in [0.3, 0.4) is 0 Å². The Bertz CT molecular complexity index is 420. The highest BCUT2D eigenvalue weighted by molar-refractivity contribution is 5.08. The standard InChI is InChI=1S/C15H27N3O/c1-14(2)5-11(6-15(3,4)9-14)18-10-17-7-13(18)12(16)8-19/h7,10-12,19H,5-6,8-9,16H2,1-4H3. The summed E-state index contributed by atoms with van der Waals surface area (Å²) in [6, 6.07) is 0.0875. The van der Waals surface area contributed by atoms with E-state index >= 15 is 0 Å². The van der Waals surface area contributed by atoms with Gasteiger partial charge < -0.3 is 15.4 Å². The highest BCUT2D eigenvalue weighted by atomic mass is 16.3. The molecule has 0 aliphatic heterocycles. The fourth-order valence-corrected chi connectivity index (χ4v) is 3.99. The first-order chi connectivity index (χ1) is 8.74. The van der Waals surface area contributed by atoms with Crippen LogP contribution >= 0.6 is 0 Å². The smallest absolute Gasteiger partial charge is 0.0951 e. The van der Waals surface area contributed by atoms with Gasteiger partial charge >= 0.3 is 0 Å². The lowest BCUT2D eigenvalue weighted by Gasteiger charge is -2.45. The van der Waals surface area contributed by atoms with Crippen molar-refractivity contribution in [3.8, 4) is 0 Å². The molecule has 0 amide bonds. The molecule has 108 valence electrons. The molecule has 0 radical (unpaired) electrons. The maximum Gasteiger partial charge on any atom is 0.0951 e. The van der Waals surface area contributed by atoms with Crippen LogP contribution in [0.15, 0.2) is 12.5 Å². The molecule has 0 bridgehead atoms. The monoisotopic (exact) mass is 265 g/mol. The van der Waals surface area contributed by atoms with Crippen LogP contribution in [0.2, 0.25) is 0 Å². The zero-order valence-electron chi connectivity index (χ0n) is 12.6. The van der Waals surface area contributed by atoms with Crippen molar-refractivity contribution in [1.29, 1.82) is 0 Å². The Morgan fingerprint density at radius 2 is 1.95 bits per heavy atom. The summed E-state index contributed by atoms with van der Waals surface area (Å²) in [5, 5.41) is 9.27. The largest absolute Gasteiger partial charge is 0.394 e. The van der Waals surface area contributed by atoms with E-state index in [1.807, 2.05) is 6.33 Å². The average molecular weight is 265 g/mol. The van der Waals surface area contributed by atoms with E-state index < -0.39 is 0 Å². The van der Waals surface area contributed by atoms with Gasteiger partial charge in [0.2, 0.25) is 0 Å². The first kappa shape index (κ1) is 14.5. The van der Waals surface area contributed by atoms with Crippen molar-refractivity contribution in [3.05, 3.63) is 18.2 Å².